The van der Waals surface area contributed by atoms with E-state index in [0.29, 0.717) is 31.7 Å². The van der Waals surface area contributed by atoms with Crippen molar-refractivity contribution in [2.45, 2.75) is 44.8 Å². The molecular weight excluding hydrogens is 344 g/mol. The number of nitro benzene ring substituents is 1. The third-order valence-electron chi connectivity index (χ3n) is 5.64. The predicted molar refractivity (Wildman–Crippen MR) is 104 cm³/mol. The molecule has 0 spiro atoms. The number of non-ortho nitro benzene ring substituents is 1. The first kappa shape index (κ1) is 19.3. The fourth-order valence-corrected chi connectivity index (χ4v) is 3.68. The van der Waals surface area contributed by atoms with E-state index in [2.05, 4.69) is 0 Å². The molecule has 0 aromatic heterocycles. The van der Waals surface area contributed by atoms with E-state index in [0.717, 1.165) is 5.56 Å². The van der Waals surface area contributed by atoms with Gasteiger partial charge >= 0.3 is 0 Å². The molecule has 0 amide bonds. The van der Waals surface area contributed by atoms with Crippen molar-refractivity contribution < 1.29 is 14.3 Å². The molecule has 1 aliphatic heterocycles. The van der Waals surface area contributed by atoms with E-state index in [1.807, 2.05) is 51.1 Å². The summed E-state index contributed by atoms with van der Waals surface area (Å²) >= 11 is 0. The molecule has 6 nitrogen and oxygen atoms in total. The number of hydrogen-bond acceptors (Lipinski definition) is 4. The van der Waals surface area contributed by atoms with Gasteiger partial charge < -0.3 is 14.6 Å². The Kier molecular flexibility index (Phi) is 4.97. The van der Waals surface area contributed by atoms with E-state index in [-0.39, 0.29) is 15.9 Å². The summed E-state index contributed by atoms with van der Waals surface area (Å²) in [5.41, 5.74) is 0.0802. The van der Waals surface area contributed by atoms with Gasteiger partial charge in [-0.2, -0.15) is 0 Å². The minimum Gasteiger partial charge on any atom is -0.632 e. The second-order valence-electron chi connectivity index (χ2n) is 8.22. The fraction of sp³-hybridized carbons (Fsp3) is 0.429. The van der Waals surface area contributed by atoms with Crippen LogP contribution in [0, 0.1) is 15.3 Å². The van der Waals surface area contributed by atoms with Crippen molar-refractivity contribution in [1.29, 1.82) is 0 Å². The summed E-state index contributed by atoms with van der Waals surface area (Å²) in [5.74, 6) is 0.575. The lowest BCUT2D eigenvalue weighted by Crippen LogP contribution is -2.62. The summed E-state index contributed by atoms with van der Waals surface area (Å²) in [6, 6.07) is 16.1. The van der Waals surface area contributed by atoms with Gasteiger partial charge in [-0.3, -0.25) is 10.1 Å². The minimum absolute atomic E-state index is 0.0303. The molecule has 1 aliphatic rings. The molecular formula is C21H26N2O4. The van der Waals surface area contributed by atoms with E-state index >= 15 is 0 Å². The molecule has 2 aromatic rings. The molecule has 27 heavy (non-hydrogen) atoms. The second kappa shape index (κ2) is 6.94. The molecule has 144 valence electrons. The SMILES string of the molecule is CC(C)(C)[N+]1([O-])CCC(Oc2ccc([N+](=O)[O-])cc2)(c2ccccc2)CC1. The third-order valence-corrected chi connectivity index (χ3v) is 5.64. The lowest BCUT2D eigenvalue weighted by Gasteiger charge is -2.58. The molecule has 0 N–H and O–H groups in total. The van der Waals surface area contributed by atoms with Crippen LogP contribution in [-0.4, -0.2) is 28.2 Å². The third kappa shape index (κ3) is 3.82. The van der Waals surface area contributed by atoms with Crippen LogP contribution < -0.4 is 4.74 Å². The van der Waals surface area contributed by atoms with Crippen molar-refractivity contribution in [2.75, 3.05) is 13.1 Å². The van der Waals surface area contributed by atoms with E-state index in [1.54, 1.807) is 12.1 Å². The molecule has 2 aromatic carbocycles. The Labute approximate surface area is 159 Å². The highest BCUT2D eigenvalue weighted by Crippen LogP contribution is 2.42. The van der Waals surface area contributed by atoms with Crippen LogP contribution in [0.5, 0.6) is 5.75 Å². The number of likely N-dealkylation sites (tertiary alicyclic amines) is 1. The van der Waals surface area contributed by atoms with Crippen LogP contribution in [0.1, 0.15) is 39.2 Å². The van der Waals surface area contributed by atoms with Gasteiger partial charge in [-0.25, -0.2) is 0 Å². The summed E-state index contributed by atoms with van der Waals surface area (Å²) in [6.45, 7) is 6.86. The summed E-state index contributed by atoms with van der Waals surface area (Å²) in [4.78, 5) is 10.5. The van der Waals surface area contributed by atoms with Crippen LogP contribution in [0.2, 0.25) is 0 Å². The van der Waals surface area contributed by atoms with Gasteiger partial charge in [-0.15, -0.1) is 0 Å². The van der Waals surface area contributed by atoms with Crippen molar-refractivity contribution in [3.05, 3.63) is 75.5 Å². The van der Waals surface area contributed by atoms with Gasteiger partial charge in [0.15, 0.2) is 0 Å². The zero-order valence-corrected chi connectivity index (χ0v) is 16.1. The minimum atomic E-state index is -0.602. The quantitative estimate of drug-likeness (QED) is 0.336. The van der Waals surface area contributed by atoms with Crippen molar-refractivity contribution in [3.63, 3.8) is 0 Å². The lowest BCUT2D eigenvalue weighted by molar-refractivity contribution is -0.932. The zero-order valence-electron chi connectivity index (χ0n) is 16.1. The Hall–Kier alpha value is -2.44. The van der Waals surface area contributed by atoms with Crippen molar-refractivity contribution >= 4 is 5.69 Å². The number of benzene rings is 2. The van der Waals surface area contributed by atoms with E-state index in [4.69, 9.17) is 4.74 Å². The molecule has 0 atom stereocenters. The van der Waals surface area contributed by atoms with Crippen molar-refractivity contribution in [1.82, 2.24) is 0 Å². The van der Waals surface area contributed by atoms with Crippen LogP contribution in [0.25, 0.3) is 0 Å². The number of hydrogen-bond donors (Lipinski definition) is 0. The normalized spacial score (nSPS) is 25.8. The number of nitrogens with zero attached hydrogens (tertiary/aromatic N) is 2. The van der Waals surface area contributed by atoms with E-state index < -0.39 is 10.5 Å². The first-order valence-electron chi connectivity index (χ1n) is 9.22. The summed E-state index contributed by atoms with van der Waals surface area (Å²) in [7, 11) is 0. The maximum Gasteiger partial charge on any atom is 0.269 e. The first-order valence-corrected chi connectivity index (χ1v) is 9.22. The Morgan fingerprint density at radius 1 is 1.00 bits per heavy atom. The average molecular weight is 370 g/mol. The topological polar surface area (TPSA) is 75.4 Å². The Morgan fingerprint density at radius 3 is 2.04 bits per heavy atom. The highest BCUT2D eigenvalue weighted by atomic mass is 16.6. The monoisotopic (exact) mass is 370 g/mol. The van der Waals surface area contributed by atoms with E-state index in [1.165, 1.54) is 12.1 Å². The van der Waals surface area contributed by atoms with Gasteiger partial charge in [0.2, 0.25) is 0 Å². The number of hydroxylamine groups is 3. The maximum absolute atomic E-state index is 13.2. The highest BCUT2D eigenvalue weighted by molar-refractivity contribution is 5.37. The van der Waals surface area contributed by atoms with Gasteiger partial charge in [-0.05, 0) is 38.5 Å². The molecule has 3 rings (SSSR count). The smallest absolute Gasteiger partial charge is 0.269 e. The first-order chi connectivity index (χ1) is 12.7. The molecule has 1 heterocycles. The van der Waals surface area contributed by atoms with Gasteiger partial charge in [0, 0.05) is 25.0 Å². The lowest BCUT2D eigenvalue weighted by atomic mass is 9.82. The Bertz CT molecular complexity index is 789. The van der Waals surface area contributed by atoms with Crippen LogP contribution in [-0.2, 0) is 5.60 Å². The van der Waals surface area contributed by atoms with Gasteiger partial charge in [0.25, 0.3) is 5.69 Å². The summed E-state index contributed by atoms with van der Waals surface area (Å²) in [6.07, 6.45) is 1.18. The molecule has 1 saturated heterocycles. The zero-order chi connectivity index (χ0) is 19.7. The van der Waals surface area contributed by atoms with Gasteiger partial charge in [0.05, 0.1) is 23.6 Å². The number of quaternary nitrogens is 1. The molecule has 0 radical (unpaired) electrons. The summed E-state index contributed by atoms with van der Waals surface area (Å²) in [5, 5.41) is 24.1. The number of piperidine rings is 1. The number of rotatable bonds is 4. The highest BCUT2D eigenvalue weighted by Gasteiger charge is 2.46. The average Bonchev–Trinajstić information content (AvgIpc) is 2.64. The standard InChI is InChI=1S/C21H26N2O4/c1-20(2,3)23(26)15-13-21(14-16-23,17-7-5-4-6-8-17)27-19-11-9-18(10-12-19)22(24)25/h4-12H,13-16H2,1-3H3. The Balaban J connectivity index is 1.90. The van der Waals surface area contributed by atoms with Crippen molar-refractivity contribution in [2.24, 2.45) is 0 Å². The van der Waals surface area contributed by atoms with Gasteiger partial charge in [-0.1, -0.05) is 30.3 Å². The van der Waals surface area contributed by atoms with E-state index in [9.17, 15) is 15.3 Å². The maximum atomic E-state index is 13.2. The van der Waals surface area contributed by atoms with Crippen molar-refractivity contribution in [3.8, 4) is 5.75 Å². The number of ether oxygens (including phenoxy) is 1. The second-order valence-corrected chi connectivity index (χ2v) is 8.22. The molecule has 1 fully saturated rings. The van der Waals surface area contributed by atoms with Gasteiger partial charge in [0.1, 0.15) is 11.4 Å². The molecule has 0 saturated carbocycles. The van der Waals surface area contributed by atoms with Crippen LogP contribution in [0.3, 0.4) is 0 Å². The predicted octanol–water partition coefficient (Wildman–Crippen LogP) is 4.78. The molecule has 0 aliphatic carbocycles. The number of nitro groups is 1. The molecule has 0 bridgehead atoms. The Morgan fingerprint density at radius 2 is 1.56 bits per heavy atom. The van der Waals surface area contributed by atoms with Crippen LogP contribution in [0.4, 0.5) is 5.69 Å². The van der Waals surface area contributed by atoms with Crippen LogP contribution >= 0.6 is 0 Å². The molecule has 0 unspecified atom stereocenters. The fourth-order valence-electron chi connectivity index (χ4n) is 3.68. The largest absolute Gasteiger partial charge is 0.632 e. The summed E-state index contributed by atoms with van der Waals surface area (Å²) < 4.78 is 6.15. The van der Waals surface area contributed by atoms with Crippen LogP contribution in [0.15, 0.2) is 54.6 Å². The molecule has 6 heteroatoms.